The zero-order valence-corrected chi connectivity index (χ0v) is 17.3. The van der Waals surface area contributed by atoms with Crippen LogP contribution in [-0.2, 0) is 9.53 Å². The maximum absolute atomic E-state index is 13.0. The third-order valence-corrected chi connectivity index (χ3v) is 5.68. The lowest BCUT2D eigenvalue weighted by atomic mass is 10.2. The van der Waals surface area contributed by atoms with Gasteiger partial charge in [-0.1, -0.05) is 12.1 Å². The van der Waals surface area contributed by atoms with Gasteiger partial charge in [0.1, 0.15) is 16.6 Å². The molecule has 1 N–H and O–H groups in total. The lowest BCUT2D eigenvalue weighted by Gasteiger charge is -2.13. The molecule has 0 unspecified atom stereocenters. The summed E-state index contributed by atoms with van der Waals surface area (Å²) in [6.45, 7) is 5.19. The molecule has 0 aliphatic carbocycles. The molecule has 0 radical (unpaired) electrons. The molecule has 3 aromatic rings. The molecule has 0 aliphatic rings. The summed E-state index contributed by atoms with van der Waals surface area (Å²) in [5, 5.41) is 3.13. The number of aryl methyl sites for hydroxylation is 1. The van der Waals surface area contributed by atoms with Gasteiger partial charge in [-0.2, -0.15) is 0 Å². The summed E-state index contributed by atoms with van der Waals surface area (Å²) in [5.41, 5.74) is 0.652. The van der Waals surface area contributed by atoms with Gasteiger partial charge < -0.3 is 14.8 Å². The number of methoxy groups -OCH3 is 1. The molecular formula is C20H21N3O5S. The van der Waals surface area contributed by atoms with Crippen LogP contribution in [0, 0.1) is 6.92 Å². The Morgan fingerprint density at radius 2 is 2.03 bits per heavy atom. The van der Waals surface area contributed by atoms with Gasteiger partial charge in [0.2, 0.25) is 0 Å². The van der Waals surface area contributed by atoms with Gasteiger partial charge in [0.15, 0.2) is 0 Å². The average molecular weight is 415 g/mol. The number of nitrogens with zero attached hydrogens (tertiary/aromatic N) is 2. The first-order valence-corrected chi connectivity index (χ1v) is 9.81. The minimum Gasteiger partial charge on any atom is -0.495 e. The van der Waals surface area contributed by atoms with Crippen LogP contribution in [0.15, 0.2) is 35.4 Å². The van der Waals surface area contributed by atoms with Crippen molar-refractivity contribution >= 4 is 39.1 Å². The molecule has 1 atom stereocenters. The van der Waals surface area contributed by atoms with E-state index in [0.717, 1.165) is 11.3 Å². The Labute approximate surface area is 171 Å². The number of hydrogen-bond acceptors (Lipinski definition) is 7. The number of amides is 1. The number of nitrogens with one attached hydrogen (secondary N) is 1. The molecule has 152 valence electrons. The second-order valence-corrected chi connectivity index (χ2v) is 7.27. The van der Waals surface area contributed by atoms with Gasteiger partial charge in [-0.25, -0.2) is 9.78 Å². The summed E-state index contributed by atoms with van der Waals surface area (Å²) in [5.74, 6) is -0.347. The number of rotatable bonds is 6. The quantitative estimate of drug-likeness (QED) is 0.621. The smallest absolute Gasteiger partial charge is 0.328 e. The van der Waals surface area contributed by atoms with Crippen LogP contribution in [0.5, 0.6) is 5.75 Å². The molecule has 8 nitrogen and oxygen atoms in total. The number of carbonyl (C=O) groups excluding carboxylic acids is 2. The van der Waals surface area contributed by atoms with Crippen molar-refractivity contribution in [1.82, 2.24) is 9.55 Å². The highest BCUT2D eigenvalue weighted by Gasteiger charge is 2.23. The van der Waals surface area contributed by atoms with Crippen LogP contribution in [0.1, 0.15) is 35.1 Å². The summed E-state index contributed by atoms with van der Waals surface area (Å²) >= 11 is 1.12. The van der Waals surface area contributed by atoms with E-state index < -0.39 is 12.0 Å². The molecule has 9 heteroatoms. The molecule has 1 amide bonds. The summed E-state index contributed by atoms with van der Waals surface area (Å²) in [7, 11) is 1.52. The molecular weight excluding hydrogens is 394 g/mol. The Kier molecular flexibility index (Phi) is 5.97. The number of aromatic nitrogens is 2. The average Bonchev–Trinajstić information content (AvgIpc) is 3.06. The van der Waals surface area contributed by atoms with Crippen LogP contribution < -0.4 is 15.6 Å². The number of thiophene rings is 1. The lowest BCUT2D eigenvalue weighted by molar-refractivity contribution is -0.146. The first-order valence-electron chi connectivity index (χ1n) is 9.00. The maximum Gasteiger partial charge on any atom is 0.328 e. The SMILES string of the molecule is CCOC(=O)[C@H](C)n1cnc2sc(C(=O)Nc3ccccc3OC)c(C)c2c1=O. The van der Waals surface area contributed by atoms with E-state index in [1.807, 2.05) is 0 Å². The fourth-order valence-electron chi connectivity index (χ4n) is 2.93. The molecule has 29 heavy (non-hydrogen) atoms. The van der Waals surface area contributed by atoms with Crippen molar-refractivity contribution in [2.45, 2.75) is 26.8 Å². The maximum atomic E-state index is 13.0. The van der Waals surface area contributed by atoms with Gasteiger partial charge in [-0.05, 0) is 38.5 Å². The van der Waals surface area contributed by atoms with Crippen LogP contribution in [0.2, 0.25) is 0 Å². The second kappa shape index (κ2) is 8.44. The summed E-state index contributed by atoms with van der Waals surface area (Å²) in [4.78, 5) is 42.9. The third kappa shape index (κ3) is 3.86. The molecule has 2 heterocycles. The van der Waals surface area contributed by atoms with E-state index in [2.05, 4.69) is 10.3 Å². The van der Waals surface area contributed by atoms with Crippen LogP contribution in [-0.4, -0.2) is 35.1 Å². The largest absolute Gasteiger partial charge is 0.495 e. The van der Waals surface area contributed by atoms with Crippen LogP contribution in [0.25, 0.3) is 10.2 Å². The molecule has 0 saturated carbocycles. The van der Waals surface area contributed by atoms with E-state index in [0.29, 0.717) is 32.1 Å². The van der Waals surface area contributed by atoms with Crippen molar-refractivity contribution in [3.63, 3.8) is 0 Å². The Hall–Kier alpha value is -3.20. The third-order valence-electron chi connectivity index (χ3n) is 4.48. The van der Waals surface area contributed by atoms with Gasteiger partial charge in [-0.3, -0.25) is 14.2 Å². The Morgan fingerprint density at radius 3 is 2.72 bits per heavy atom. The van der Waals surface area contributed by atoms with Gasteiger partial charge in [-0.15, -0.1) is 11.3 Å². The van der Waals surface area contributed by atoms with Crippen LogP contribution in [0.3, 0.4) is 0 Å². The molecule has 0 fully saturated rings. The Balaban J connectivity index is 2.00. The number of hydrogen-bond donors (Lipinski definition) is 1. The number of para-hydroxylation sites is 2. The second-order valence-electron chi connectivity index (χ2n) is 6.28. The van der Waals surface area contributed by atoms with E-state index in [4.69, 9.17) is 9.47 Å². The van der Waals surface area contributed by atoms with E-state index in [1.165, 1.54) is 18.0 Å². The number of anilines is 1. The molecule has 0 saturated heterocycles. The highest BCUT2D eigenvalue weighted by Crippen LogP contribution is 2.30. The minimum absolute atomic E-state index is 0.221. The van der Waals surface area contributed by atoms with E-state index in [1.54, 1.807) is 45.0 Å². The summed E-state index contributed by atoms with van der Waals surface area (Å²) < 4.78 is 11.5. The number of fused-ring (bicyclic) bond motifs is 1. The van der Waals surface area contributed by atoms with Crippen LogP contribution in [0.4, 0.5) is 5.69 Å². The predicted molar refractivity (Wildman–Crippen MR) is 111 cm³/mol. The number of ether oxygens (including phenoxy) is 2. The number of carbonyl (C=O) groups is 2. The molecule has 0 spiro atoms. The molecule has 0 bridgehead atoms. The zero-order chi connectivity index (χ0) is 21.1. The molecule has 3 rings (SSSR count). The fraction of sp³-hybridized carbons (Fsp3) is 0.300. The first-order chi connectivity index (χ1) is 13.9. The minimum atomic E-state index is -0.815. The Morgan fingerprint density at radius 1 is 1.31 bits per heavy atom. The topological polar surface area (TPSA) is 99.5 Å². The highest BCUT2D eigenvalue weighted by molar-refractivity contribution is 7.20. The van der Waals surface area contributed by atoms with Gasteiger partial charge in [0.25, 0.3) is 11.5 Å². The molecule has 1 aromatic carbocycles. The van der Waals surface area contributed by atoms with E-state index in [-0.39, 0.29) is 18.1 Å². The van der Waals surface area contributed by atoms with Gasteiger partial charge >= 0.3 is 5.97 Å². The predicted octanol–water partition coefficient (Wildman–Crippen LogP) is 3.15. The fourth-order valence-corrected chi connectivity index (χ4v) is 3.97. The molecule has 0 aliphatic heterocycles. The van der Waals surface area contributed by atoms with Crippen molar-refractivity contribution in [1.29, 1.82) is 0 Å². The number of benzene rings is 1. The highest BCUT2D eigenvalue weighted by atomic mass is 32.1. The van der Waals surface area contributed by atoms with E-state index in [9.17, 15) is 14.4 Å². The van der Waals surface area contributed by atoms with Crippen molar-refractivity contribution in [2.24, 2.45) is 0 Å². The summed E-state index contributed by atoms with van der Waals surface area (Å²) in [6, 6.07) is 6.24. The van der Waals surface area contributed by atoms with Crippen molar-refractivity contribution < 1.29 is 19.1 Å². The first kappa shape index (κ1) is 20.5. The van der Waals surface area contributed by atoms with Crippen molar-refractivity contribution in [3.8, 4) is 5.75 Å². The van der Waals surface area contributed by atoms with Crippen LogP contribution >= 0.6 is 11.3 Å². The standard InChI is InChI=1S/C20H21N3O5S/c1-5-28-20(26)12(3)23-10-21-18-15(19(23)25)11(2)16(29-18)17(24)22-13-8-6-7-9-14(13)27-4/h6-10,12H,5H2,1-4H3,(H,22,24)/t12-/m0/s1. The van der Waals surface area contributed by atoms with Gasteiger partial charge in [0, 0.05) is 0 Å². The summed E-state index contributed by atoms with van der Waals surface area (Å²) in [6.07, 6.45) is 1.31. The van der Waals surface area contributed by atoms with E-state index >= 15 is 0 Å². The Bertz CT molecular complexity index is 1130. The van der Waals surface area contributed by atoms with Gasteiger partial charge in [0.05, 0.1) is 36.0 Å². The van der Waals surface area contributed by atoms with Crippen molar-refractivity contribution in [3.05, 3.63) is 51.4 Å². The monoisotopic (exact) mass is 415 g/mol. The normalized spacial score (nSPS) is 11.9. The molecule has 2 aromatic heterocycles. The zero-order valence-electron chi connectivity index (χ0n) is 16.5. The van der Waals surface area contributed by atoms with Crippen molar-refractivity contribution in [2.75, 3.05) is 19.0 Å². The number of esters is 1. The lowest BCUT2D eigenvalue weighted by Crippen LogP contribution is -2.29.